The number of Topliss-reactive ketones (excluding diaryl/α,β-unsaturated/α-hetero) is 1. The van der Waals surface area contributed by atoms with Crippen LogP contribution in [0.4, 0.5) is 0 Å². The summed E-state index contributed by atoms with van der Waals surface area (Å²) < 4.78 is 27.6. The first-order chi connectivity index (χ1) is 18.4. The zero-order chi connectivity index (χ0) is 27.4. The molecule has 0 spiro atoms. The molecule has 1 heterocycles. The zero-order valence-corrected chi connectivity index (χ0v) is 22.8. The summed E-state index contributed by atoms with van der Waals surface area (Å²) in [5.41, 5.74) is 4.07. The van der Waals surface area contributed by atoms with Gasteiger partial charge in [-0.1, -0.05) is 13.0 Å². The van der Waals surface area contributed by atoms with Crippen molar-refractivity contribution in [3.05, 3.63) is 70.1 Å². The van der Waals surface area contributed by atoms with Crippen LogP contribution >= 0.6 is 0 Å². The third kappa shape index (κ3) is 5.08. The van der Waals surface area contributed by atoms with E-state index >= 15 is 0 Å². The lowest BCUT2D eigenvalue weighted by Crippen LogP contribution is -2.36. The van der Waals surface area contributed by atoms with E-state index in [2.05, 4.69) is 5.32 Å². The fourth-order valence-corrected chi connectivity index (χ4v) is 5.30. The number of methoxy groups -OCH3 is 4. The predicted molar refractivity (Wildman–Crippen MR) is 143 cm³/mol. The Bertz CT molecular complexity index is 1290. The minimum atomic E-state index is -0.653. The van der Waals surface area contributed by atoms with Crippen LogP contribution in [-0.2, 0) is 14.3 Å². The number of hydrogen-bond acceptors (Lipinski definition) is 8. The van der Waals surface area contributed by atoms with Crippen molar-refractivity contribution in [1.29, 1.82) is 0 Å². The molecule has 0 radical (unpaired) electrons. The normalized spacial score (nSPS) is 18.9. The number of esters is 1. The van der Waals surface area contributed by atoms with E-state index in [4.69, 9.17) is 23.7 Å². The number of nitrogens with one attached hydrogen (secondary N) is 1. The lowest BCUT2D eigenvalue weighted by atomic mass is 9.71. The summed E-state index contributed by atoms with van der Waals surface area (Å²) in [6.45, 7) is 4.07. The Morgan fingerprint density at radius 3 is 2.29 bits per heavy atom. The molecule has 2 aromatic rings. The molecule has 0 saturated heterocycles. The number of rotatable bonds is 9. The van der Waals surface area contributed by atoms with Crippen LogP contribution in [0.3, 0.4) is 0 Å². The summed E-state index contributed by atoms with van der Waals surface area (Å²) in [5.74, 6) is 1.20. The second kappa shape index (κ2) is 11.6. The molecule has 1 aliphatic heterocycles. The molecule has 0 amide bonds. The molecule has 202 valence electrons. The Morgan fingerprint density at radius 1 is 0.921 bits per heavy atom. The van der Waals surface area contributed by atoms with E-state index in [9.17, 15) is 9.59 Å². The molecule has 2 aromatic carbocycles. The monoisotopic (exact) mass is 521 g/mol. The topological polar surface area (TPSA) is 92.3 Å². The summed E-state index contributed by atoms with van der Waals surface area (Å²) in [6, 6.07) is 11.2. The van der Waals surface area contributed by atoms with E-state index in [1.165, 1.54) is 0 Å². The van der Waals surface area contributed by atoms with Crippen LogP contribution in [0.5, 0.6) is 23.0 Å². The Morgan fingerprint density at radius 2 is 1.63 bits per heavy atom. The maximum absolute atomic E-state index is 13.9. The minimum Gasteiger partial charge on any atom is -0.497 e. The second-order valence-corrected chi connectivity index (χ2v) is 9.38. The Balaban J connectivity index is 1.83. The highest BCUT2D eigenvalue weighted by atomic mass is 16.5. The van der Waals surface area contributed by atoms with Crippen LogP contribution < -0.4 is 24.3 Å². The highest BCUT2D eigenvalue weighted by Gasteiger charge is 2.42. The van der Waals surface area contributed by atoms with Gasteiger partial charge in [0.05, 0.1) is 46.5 Å². The molecule has 38 heavy (non-hydrogen) atoms. The highest BCUT2D eigenvalue weighted by molar-refractivity contribution is 6.04. The van der Waals surface area contributed by atoms with Crippen molar-refractivity contribution in [1.82, 2.24) is 5.32 Å². The molecule has 8 heteroatoms. The number of dihydropyridines is 1. The maximum atomic E-state index is 13.9. The third-order valence-electron chi connectivity index (χ3n) is 7.11. The molecule has 0 aromatic heterocycles. The van der Waals surface area contributed by atoms with Crippen LogP contribution in [0.1, 0.15) is 56.1 Å². The van der Waals surface area contributed by atoms with Crippen LogP contribution in [0.15, 0.2) is 58.9 Å². The quantitative estimate of drug-likeness (QED) is 0.459. The van der Waals surface area contributed by atoms with Gasteiger partial charge in [0.1, 0.15) is 11.5 Å². The Kier molecular flexibility index (Phi) is 8.29. The lowest BCUT2D eigenvalue weighted by Gasteiger charge is -2.37. The molecular formula is C30H35NO7. The summed E-state index contributed by atoms with van der Waals surface area (Å²) in [4.78, 5) is 27.3. The van der Waals surface area contributed by atoms with Gasteiger partial charge in [0.25, 0.3) is 0 Å². The Labute approximate surface area is 223 Å². The van der Waals surface area contributed by atoms with Gasteiger partial charge >= 0.3 is 5.97 Å². The van der Waals surface area contributed by atoms with Crippen LogP contribution in [-0.4, -0.2) is 46.8 Å². The summed E-state index contributed by atoms with van der Waals surface area (Å²) in [5, 5.41) is 3.38. The van der Waals surface area contributed by atoms with E-state index in [0.717, 1.165) is 11.3 Å². The summed E-state index contributed by atoms with van der Waals surface area (Å²) >= 11 is 0. The lowest BCUT2D eigenvalue weighted by molar-refractivity contribution is -0.139. The van der Waals surface area contributed by atoms with Crippen molar-refractivity contribution in [2.24, 2.45) is 0 Å². The standard InChI is InChI=1S/C30H35NO7/c1-7-12-38-30(33)27-17(2)31-22-13-19(18-8-10-25(36-5)26(15-18)37-6)14-23(32)29(22)28(27)21-16-20(34-3)9-11-24(21)35-4/h8-11,15-16,19,28,31H,7,12-14H2,1-6H3/t19-,28-/m1/s1. The molecule has 0 fully saturated rings. The minimum absolute atomic E-state index is 0.0401. The number of hydrogen-bond donors (Lipinski definition) is 1. The van der Waals surface area contributed by atoms with Gasteiger partial charge in [-0.2, -0.15) is 0 Å². The average Bonchev–Trinajstić information content (AvgIpc) is 2.94. The van der Waals surface area contributed by atoms with Crippen molar-refractivity contribution in [2.75, 3.05) is 35.0 Å². The SMILES string of the molecule is CCCOC(=O)C1=C(C)NC2=C(C(=O)C[C@H](c3ccc(OC)c(OC)c3)C2)[C@@H]1c1cc(OC)ccc1OC. The maximum Gasteiger partial charge on any atom is 0.336 e. The first-order valence-electron chi connectivity index (χ1n) is 12.7. The highest BCUT2D eigenvalue weighted by Crippen LogP contribution is 2.49. The second-order valence-electron chi connectivity index (χ2n) is 9.38. The number of allylic oxidation sites excluding steroid dienone is 3. The van der Waals surface area contributed by atoms with Gasteiger partial charge in [0.2, 0.25) is 0 Å². The molecule has 2 aliphatic rings. The van der Waals surface area contributed by atoms with Gasteiger partial charge in [-0.3, -0.25) is 4.79 Å². The van der Waals surface area contributed by atoms with Crippen LogP contribution in [0.2, 0.25) is 0 Å². The summed E-state index contributed by atoms with van der Waals surface area (Å²) in [7, 11) is 6.34. The van der Waals surface area contributed by atoms with Gasteiger partial charge in [-0.25, -0.2) is 4.79 Å². The number of ketones is 1. The smallest absolute Gasteiger partial charge is 0.336 e. The van der Waals surface area contributed by atoms with Gasteiger partial charge in [0, 0.05) is 29.0 Å². The fraction of sp³-hybridized carbons (Fsp3) is 0.400. The molecule has 8 nitrogen and oxygen atoms in total. The molecule has 0 bridgehead atoms. The number of benzene rings is 2. The molecule has 2 atom stereocenters. The third-order valence-corrected chi connectivity index (χ3v) is 7.11. The van der Waals surface area contributed by atoms with Crippen molar-refractivity contribution in [2.45, 2.75) is 44.9 Å². The van der Waals surface area contributed by atoms with Gasteiger partial charge in [-0.05, 0) is 61.6 Å². The summed E-state index contributed by atoms with van der Waals surface area (Å²) in [6.07, 6.45) is 1.57. The van der Waals surface area contributed by atoms with Crippen molar-refractivity contribution in [3.63, 3.8) is 0 Å². The average molecular weight is 522 g/mol. The zero-order valence-electron chi connectivity index (χ0n) is 22.8. The molecule has 0 saturated carbocycles. The van der Waals surface area contributed by atoms with E-state index in [1.807, 2.05) is 38.1 Å². The largest absolute Gasteiger partial charge is 0.497 e. The van der Waals surface area contributed by atoms with Crippen molar-refractivity contribution < 1.29 is 33.3 Å². The Hall–Kier alpha value is -3.94. The first kappa shape index (κ1) is 27.1. The molecule has 0 unspecified atom stereocenters. The number of carbonyl (C=O) groups is 2. The fourth-order valence-electron chi connectivity index (χ4n) is 5.30. The molecule has 1 N–H and O–H groups in total. The van der Waals surface area contributed by atoms with Gasteiger partial charge < -0.3 is 29.0 Å². The van der Waals surface area contributed by atoms with Crippen molar-refractivity contribution in [3.8, 4) is 23.0 Å². The van der Waals surface area contributed by atoms with Crippen LogP contribution in [0, 0.1) is 0 Å². The van der Waals surface area contributed by atoms with E-state index < -0.39 is 11.9 Å². The van der Waals surface area contributed by atoms with Gasteiger partial charge in [0.15, 0.2) is 17.3 Å². The molecular weight excluding hydrogens is 486 g/mol. The van der Waals surface area contributed by atoms with Crippen molar-refractivity contribution >= 4 is 11.8 Å². The number of carbonyl (C=O) groups excluding carboxylic acids is 2. The van der Waals surface area contributed by atoms with Gasteiger partial charge in [-0.15, -0.1) is 0 Å². The van der Waals surface area contributed by atoms with E-state index in [0.29, 0.717) is 64.9 Å². The number of ether oxygens (including phenoxy) is 5. The first-order valence-corrected chi connectivity index (χ1v) is 12.7. The molecule has 4 rings (SSSR count). The van der Waals surface area contributed by atoms with E-state index in [1.54, 1.807) is 40.6 Å². The predicted octanol–water partition coefficient (Wildman–Crippen LogP) is 5.04. The van der Waals surface area contributed by atoms with Crippen LogP contribution in [0.25, 0.3) is 0 Å². The van der Waals surface area contributed by atoms with E-state index in [-0.39, 0.29) is 18.1 Å². The molecule has 1 aliphatic carbocycles.